The summed E-state index contributed by atoms with van der Waals surface area (Å²) in [5, 5.41) is 4.79. The van der Waals surface area contributed by atoms with E-state index in [4.69, 9.17) is 16.3 Å². The highest BCUT2D eigenvalue weighted by molar-refractivity contribution is 7.93. The van der Waals surface area contributed by atoms with Crippen LogP contribution in [0.3, 0.4) is 0 Å². The number of carbonyl (C=O) groups is 1. The van der Waals surface area contributed by atoms with Crippen molar-refractivity contribution in [3.05, 3.63) is 69.9 Å². The van der Waals surface area contributed by atoms with E-state index in [1.54, 1.807) is 61.0 Å². The Morgan fingerprint density at radius 1 is 1.07 bits per heavy atom. The van der Waals surface area contributed by atoms with E-state index >= 15 is 0 Å². The molecule has 0 unspecified atom stereocenters. The van der Waals surface area contributed by atoms with Crippen molar-refractivity contribution >= 4 is 50.2 Å². The Bertz CT molecular complexity index is 1080. The van der Waals surface area contributed by atoms with Crippen molar-refractivity contribution in [2.45, 2.75) is 4.90 Å². The number of amides is 1. The van der Waals surface area contributed by atoms with Crippen LogP contribution in [0, 0.1) is 0 Å². The first kappa shape index (κ1) is 20.2. The number of carbonyl (C=O) groups excluding carboxylic acids is 1. The summed E-state index contributed by atoms with van der Waals surface area (Å²) in [4.78, 5) is 12.7. The molecule has 0 saturated carbocycles. The molecule has 3 rings (SSSR count). The Kier molecular flexibility index (Phi) is 5.93. The Hall–Kier alpha value is -2.55. The highest BCUT2D eigenvalue weighted by Gasteiger charge is 2.28. The van der Waals surface area contributed by atoms with Gasteiger partial charge in [-0.05, 0) is 60.0 Å². The number of rotatable bonds is 6. The van der Waals surface area contributed by atoms with Crippen LogP contribution in [0.25, 0.3) is 0 Å². The topological polar surface area (TPSA) is 75.7 Å². The van der Waals surface area contributed by atoms with Gasteiger partial charge in [0.1, 0.15) is 15.5 Å². The van der Waals surface area contributed by atoms with Gasteiger partial charge in [0.25, 0.3) is 15.9 Å². The zero-order valence-electron chi connectivity index (χ0n) is 15.0. The van der Waals surface area contributed by atoms with Gasteiger partial charge in [-0.25, -0.2) is 8.42 Å². The van der Waals surface area contributed by atoms with Crippen LogP contribution in [0.5, 0.6) is 5.75 Å². The highest BCUT2D eigenvalue weighted by Crippen LogP contribution is 2.29. The SMILES string of the molecule is COc1ccc(NC(=O)c2sccc2S(=O)(=O)N(C)c2ccc(Cl)cc2)cc1. The quantitative estimate of drug-likeness (QED) is 0.617. The van der Waals surface area contributed by atoms with Crippen molar-refractivity contribution < 1.29 is 17.9 Å². The molecule has 3 aromatic rings. The fraction of sp³-hybridized carbons (Fsp3) is 0.105. The third kappa shape index (κ3) is 4.14. The van der Waals surface area contributed by atoms with Crippen LogP contribution in [0.1, 0.15) is 9.67 Å². The standard InChI is InChI=1S/C19H17ClN2O4S2/c1-22(15-7-3-13(20)4-8-15)28(24,25)17-11-12-27-18(17)19(23)21-14-5-9-16(26-2)10-6-14/h3-12H,1-2H3,(H,21,23). The largest absolute Gasteiger partial charge is 0.497 e. The number of methoxy groups -OCH3 is 1. The number of sulfonamides is 1. The molecule has 6 nitrogen and oxygen atoms in total. The van der Waals surface area contributed by atoms with Gasteiger partial charge in [0, 0.05) is 17.8 Å². The van der Waals surface area contributed by atoms with E-state index in [0.29, 0.717) is 22.1 Å². The van der Waals surface area contributed by atoms with E-state index in [1.165, 1.54) is 13.1 Å². The van der Waals surface area contributed by atoms with Crippen LogP contribution >= 0.6 is 22.9 Å². The molecule has 0 aliphatic carbocycles. The van der Waals surface area contributed by atoms with Gasteiger partial charge in [-0.15, -0.1) is 11.3 Å². The van der Waals surface area contributed by atoms with Crippen molar-refractivity contribution in [3.63, 3.8) is 0 Å². The summed E-state index contributed by atoms with van der Waals surface area (Å²) in [5.41, 5.74) is 0.978. The molecule has 9 heteroatoms. The number of nitrogens with zero attached hydrogens (tertiary/aromatic N) is 1. The van der Waals surface area contributed by atoms with Crippen LogP contribution in [-0.2, 0) is 10.0 Å². The zero-order chi connectivity index (χ0) is 20.3. The maximum absolute atomic E-state index is 13.0. The molecule has 0 aliphatic rings. The maximum atomic E-state index is 13.0. The minimum Gasteiger partial charge on any atom is -0.497 e. The fourth-order valence-corrected chi connectivity index (χ4v) is 5.08. The van der Waals surface area contributed by atoms with Crippen LogP contribution in [0.2, 0.25) is 5.02 Å². The third-order valence-electron chi connectivity index (χ3n) is 4.01. The van der Waals surface area contributed by atoms with Crippen molar-refractivity contribution in [2.75, 3.05) is 23.8 Å². The summed E-state index contributed by atoms with van der Waals surface area (Å²) in [5.74, 6) is 0.158. The minimum atomic E-state index is -3.92. The van der Waals surface area contributed by atoms with Crippen molar-refractivity contribution in [1.29, 1.82) is 0 Å². The van der Waals surface area contributed by atoms with Gasteiger partial charge < -0.3 is 10.1 Å². The summed E-state index contributed by atoms with van der Waals surface area (Å²) in [6.07, 6.45) is 0. The van der Waals surface area contributed by atoms with E-state index < -0.39 is 15.9 Å². The summed E-state index contributed by atoms with van der Waals surface area (Å²) < 4.78 is 32.3. The molecule has 1 aromatic heterocycles. The Labute approximate surface area is 172 Å². The van der Waals surface area contributed by atoms with E-state index in [9.17, 15) is 13.2 Å². The molecular weight excluding hydrogens is 420 g/mol. The number of nitrogens with one attached hydrogen (secondary N) is 1. The lowest BCUT2D eigenvalue weighted by atomic mass is 10.3. The Morgan fingerprint density at radius 3 is 2.32 bits per heavy atom. The molecule has 1 N–H and O–H groups in total. The monoisotopic (exact) mass is 436 g/mol. The lowest BCUT2D eigenvalue weighted by Gasteiger charge is -2.19. The summed E-state index contributed by atoms with van der Waals surface area (Å²) in [6, 6.07) is 14.6. The maximum Gasteiger partial charge on any atom is 0.267 e. The molecule has 0 bridgehead atoms. The van der Waals surface area contributed by atoms with E-state index in [2.05, 4.69) is 5.32 Å². The lowest BCUT2D eigenvalue weighted by Crippen LogP contribution is -2.28. The predicted octanol–water partition coefficient (Wildman–Crippen LogP) is 4.49. The molecule has 146 valence electrons. The Morgan fingerprint density at radius 2 is 1.71 bits per heavy atom. The number of ether oxygens (including phenoxy) is 1. The van der Waals surface area contributed by atoms with Gasteiger partial charge in [0.2, 0.25) is 0 Å². The van der Waals surface area contributed by atoms with Gasteiger partial charge in [0.05, 0.1) is 12.8 Å². The first-order valence-corrected chi connectivity index (χ1v) is 10.8. The van der Waals surface area contributed by atoms with Crippen molar-refractivity contribution in [2.24, 2.45) is 0 Å². The minimum absolute atomic E-state index is 0.0547. The highest BCUT2D eigenvalue weighted by atomic mass is 35.5. The molecule has 2 aromatic carbocycles. The number of thiophene rings is 1. The van der Waals surface area contributed by atoms with Gasteiger partial charge in [0.15, 0.2) is 0 Å². The van der Waals surface area contributed by atoms with E-state index in [1.807, 2.05) is 0 Å². The molecular formula is C19H17ClN2O4S2. The van der Waals surface area contributed by atoms with Gasteiger partial charge in [-0.2, -0.15) is 0 Å². The second-order valence-electron chi connectivity index (χ2n) is 5.75. The summed E-state index contributed by atoms with van der Waals surface area (Å²) in [6.45, 7) is 0. The van der Waals surface area contributed by atoms with Gasteiger partial charge >= 0.3 is 0 Å². The number of hydrogen-bond donors (Lipinski definition) is 1. The average Bonchev–Trinajstić information content (AvgIpc) is 3.19. The van der Waals surface area contributed by atoms with Gasteiger partial charge in [-0.1, -0.05) is 11.6 Å². The van der Waals surface area contributed by atoms with E-state index in [-0.39, 0.29) is 9.77 Å². The van der Waals surface area contributed by atoms with Crippen molar-refractivity contribution in [1.82, 2.24) is 0 Å². The molecule has 0 fully saturated rings. The van der Waals surface area contributed by atoms with Crippen LogP contribution in [0.4, 0.5) is 11.4 Å². The normalized spacial score (nSPS) is 11.1. The van der Waals surface area contributed by atoms with Crippen LogP contribution in [0.15, 0.2) is 64.9 Å². The number of anilines is 2. The summed E-state index contributed by atoms with van der Waals surface area (Å²) in [7, 11) is -0.939. The molecule has 0 saturated heterocycles. The van der Waals surface area contributed by atoms with Crippen LogP contribution in [-0.4, -0.2) is 28.5 Å². The molecule has 1 amide bonds. The average molecular weight is 437 g/mol. The number of hydrogen-bond acceptors (Lipinski definition) is 5. The molecule has 0 radical (unpaired) electrons. The first-order chi connectivity index (χ1) is 13.3. The van der Waals surface area contributed by atoms with Gasteiger partial charge in [-0.3, -0.25) is 9.10 Å². The lowest BCUT2D eigenvalue weighted by molar-refractivity contribution is 0.102. The second-order valence-corrected chi connectivity index (χ2v) is 9.04. The molecule has 28 heavy (non-hydrogen) atoms. The van der Waals surface area contributed by atoms with E-state index in [0.717, 1.165) is 15.6 Å². The number of benzene rings is 2. The second kappa shape index (κ2) is 8.22. The zero-order valence-corrected chi connectivity index (χ0v) is 17.4. The Balaban J connectivity index is 1.86. The summed E-state index contributed by atoms with van der Waals surface area (Å²) >= 11 is 6.93. The fourth-order valence-electron chi connectivity index (χ4n) is 2.47. The predicted molar refractivity (Wildman–Crippen MR) is 112 cm³/mol. The molecule has 1 heterocycles. The smallest absolute Gasteiger partial charge is 0.267 e. The molecule has 0 aliphatic heterocycles. The third-order valence-corrected chi connectivity index (χ3v) is 7.13. The van der Waals surface area contributed by atoms with Crippen molar-refractivity contribution in [3.8, 4) is 5.75 Å². The molecule has 0 spiro atoms. The molecule has 0 atom stereocenters. The van der Waals surface area contributed by atoms with Crippen LogP contribution < -0.4 is 14.4 Å². The number of halogens is 1. The first-order valence-electron chi connectivity index (χ1n) is 8.10.